The second kappa shape index (κ2) is 7.80. The second-order valence-electron chi connectivity index (χ2n) is 5.74. The van der Waals surface area contributed by atoms with Gasteiger partial charge in [-0.1, -0.05) is 31.6 Å². The molecule has 1 saturated carbocycles. The summed E-state index contributed by atoms with van der Waals surface area (Å²) in [6.07, 6.45) is 6.53. The maximum absolute atomic E-state index is 12.3. The summed E-state index contributed by atoms with van der Waals surface area (Å²) in [5, 5.41) is 3.00. The molecule has 1 amide bonds. The quantitative estimate of drug-likeness (QED) is 0.834. The Bertz CT molecular complexity index is 536. The summed E-state index contributed by atoms with van der Waals surface area (Å²) in [6, 6.07) is 3.58. The molecule has 0 saturated heterocycles. The summed E-state index contributed by atoms with van der Waals surface area (Å²) >= 11 is 0. The van der Waals surface area contributed by atoms with Crippen LogP contribution in [-0.2, 0) is 0 Å². The van der Waals surface area contributed by atoms with Crippen molar-refractivity contribution in [3.8, 4) is 11.8 Å². The van der Waals surface area contributed by atoms with Gasteiger partial charge in [-0.2, -0.15) is 0 Å². The Balaban J connectivity index is 1.94. The predicted octanol–water partition coefficient (Wildman–Crippen LogP) is 1.95. The fraction of sp³-hybridized carbons (Fsp3) is 0.529. The average molecular weight is 285 g/mol. The van der Waals surface area contributed by atoms with Gasteiger partial charge in [-0.15, -0.1) is 0 Å². The number of nitrogens with zero attached hydrogens (tertiary/aromatic N) is 1. The SMILES string of the molecule is CC1CCC(CNC(=O)c2ncccc2C#CCN)CC1. The van der Waals surface area contributed by atoms with Crippen molar-refractivity contribution in [1.82, 2.24) is 10.3 Å². The Labute approximate surface area is 126 Å². The Kier molecular flexibility index (Phi) is 5.77. The number of hydrogen-bond donors (Lipinski definition) is 2. The molecule has 3 N–H and O–H groups in total. The molecule has 0 unspecified atom stereocenters. The van der Waals surface area contributed by atoms with Gasteiger partial charge in [-0.25, -0.2) is 4.98 Å². The third-order valence-electron chi connectivity index (χ3n) is 4.03. The van der Waals surface area contributed by atoms with Crippen LogP contribution < -0.4 is 11.1 Å². The minimum atomic E-state index is -0.143. The average Bonchev–Trinajstić information content (AvgIpc) is 2.52. The van der Waals surface area contributed by atoms with Crippen molar-refractivity contribution in [2.75, 3.05) is 13.1 Å². The van der Waals surface area contributed by atoms with E-state index in [0.717, 1.165) is 12.5 Å². The third kappa shape index (κ3) is 4.57. The van der Waals surface area contributed by atoms with Crippen LogP contribution in [0.3, 0.4) is 0 Å². The van der Waals surface area contributed by atoms with E-state index in [2.05, 4.69) is 29.1 Å². The summed E-state index contributed by atoms with van der Waals surface area (Å²) < 4.78 is 0. The number of aromatic nitrogens is 1. The minimum absolute atomic E-state index is 0.143. The van der Waals surface area contributed by atoms with E-state index >= 15 is 0 Å². The van der Waals surface area contributed by atoms with E-state index in [1.54, 1.807) is 18.3 Å². The van der Waals surface area contributed by atoms with Crippen molar-refractivity contribution in [1.29, 1.82) is 0 Å². The molecule has 1 aliphatic carbocycles. The van der Waals surface area contributed by atoms with Crippen LogP contribution in [-0.4, -0.2) is 24.0 Å². The largest absolute Gasteiger partial charge is 0.350 e. The molecule has 1 aromatic heterocycles. The highest BCUT2D eigenvalue weighted by atomic mass is 16.1. The number of carbonyl (C=O) groups excluding carboxylic acids is 1. The number of hydrogen-bond acceptors (Lipinski definition) is 3. The first-order valence-corrected chi connectivity index (χ1v) is 7.63. The van der Waals surface area contributed by atoms with Crippen molar-refractivity contribution in [2.24, 2.45) is 17.6 Å². The molecule has 2 rings (SSSR count). The monoisotopic (exact) mass is 285 g/mol. The molecule has 0 radical (unpaired) electrons. The highest BCUT2D eigenvalue weighted by Gasteiger charge is 2.19. The Morgan fingerprint density at radius 3 is 2.90 bits per heavy atom. The predicted molar refractivity (Wildman–Crippen MR) is 83.6 cm³/mol. The van der Waals surface area contributed by atoms with Gasteiger partial charge < -0.3 is 11.1 Å². The van der Waals surface area contributed by atoms with Gasteiger partial charge in [0.15, 0.2) is 0 Å². The molecule has 1 aliphatic rings. The molecule has 0 aliphatic heterocycles. The van der Waals surface area contributed by atoms with E-state index in [-0.39, 0.29) is 12.5 Å². The zero-order chi connectivity index (χ0) is 15.1. The van der Waals surface area contributed by atoms with E-state index in [1.807, 2.05) is 0 Å². The molecule has 0 bridgehead atoms. The second-order valence-corrected chi connectivity index (χ2v) is 5.74. The van der Waals surface area contributed by atoms with Gasteiger partial charge in [0.2, 0.25) is 0 Å². The molecule has 21 heavy (non-hydrogen) atoms. The van der Waals surface area contributed by atoms with E-state index < -0.39 is 0 Å². The number of carbonyl (C=O) groups is 1. The Hall–Kier alpha value is -1.86. The zero-order valence-electron chi connectivity index (χ0n) is 12.6. The van der Waals surface area contributed by atoms with E-state index in [4.69, 9.17) is 5.73 Å². The summed E-state index contributed by atoms with van der Waals surface area (Å²) in [4.78, 5) is 16.4. The van der Waals surface area contributed by atoms with Crippen LogP contribution in [0.25, 0.3) is 0 Å². The lowest BCUT2D eigenvalue weighted by Crippen LogP contribution is -2.32. The highest BCUT2D eigenvalue weighted by molar-refractivity contribution is 5.94. The lowest BCUT2D eigenvalue weighted by atomic mass is 9.83. The zero-order valence-corrected chi connectivity index (χ0v) is 12.6. The van der Waals surface area contributed by atoms with Crippen LogP contribution in [0.2, 0.25) is 0 Å². The number of nitrogens with one attached hydrogen (secondary N) is 1. The molecule has 112 valence electrons. The number of pyridine rings is 1. The van der Waals surface area contributed by atoms with Gasteiger partial charge in [0, 0.05) is 12.7 Å². The standard InChI is InChI=1S/C17H23N3O/c1-13-6-8-14(9-7-13)12-20-17(21)16-15(4-2-10-18)5-3-11-19-16/h3,5,11,13-14H,6-10,12,18H2,1H3,(H,20,21). The van der Waals surface area contributed by atoms with Gasteiger partial charge in [-0.3, -0.25) is 4.79 Å². The van der Waals surface area contributed by atoms with E-state index in [0.29, 0.717) is 17.2 Å². The molecule has 1 fully saturated rings. The fourth-order valence-electron chi connectivity index (χ4n) is 2.69. The summed E-state index contributed by atoms with van der Waals surface area (Å²) in [5.74, 6) is 6.94. The molecule has 0 atom stereocenters. The van der Waals surface area contributed by atoms with Crippen molar-refractivity contribution >= 4 is 5.91 Å². The number of nitrogens with two attached hydrogens (primary N) is 1. The van der Waals surface area contributed by atoms with Crippen molar-refractivity contribution in [3.05, 3.63) is 29.6 Å². The maximum Gasteiger partial charge on any atom is 0.271 e. The Morgan fingerprint density at radius 1 is 1.43 bits per heavy atom. The first kappa shape index (κ1) is 15.5. The van der Waals surface area contributed by atoms with Crippen LogP contribution in [0.4, 0.5) is 0 Å². The van der Waals surface area contributed by atoms with Crippen LogP contribution in [0.1, 0.15) is 48.7 Å². The molecule has 4 nitrogen and oxygen atoms in total. The normalized spacial score (nSPS) is 21.2. The van der Waals surface area contributed by atoms with Crippen molar-refractivity contribution in [2.45, 2.75) is 32.6 Å². The molecule has 1 heterocycles. The smallest absolute Gasteiger partial charge is 0.271 e. The molecular formula is C17H23N3O. The van der Waals surface area contributed by atoms with Gasteiger partial charge in [0.25, 0.3) is 5.91 Å². The Morgan fingerprint density at radius 2 is 2.19 bits per heavy atom. The first-order valence-electron chi connectivity index (χ1n) is 7.63. The lowest BCUT2D eigenvalue weighted by molar-refractivity contribution is 0.0936. The van der Waals surface area contributed by atoms with Crippen molar-refractivity contribution in [3.63, 3.8) is 0 Å². The van der Waals surface area contributed by atoms with E-state index in [9.17, 15) is 4.79 Å². The van der Waals surface area contributed by atoms with Crippen LogP contribution in [0.5, 0.6) is 0 Å². The number of amides is 1. The minimum Gasteiger partial charge on any atom is -0.350 e. The van der Waals surface area contributed by atoms with Gasteiger partial charge in [0.1, 0.15) is 5.69 Å². The summed E-state index contributed by atoms with van der Waals surface area (Å²) in [7, 11) is 0. The molecule has 0 aromatic carbocycles. The van der Waals surface area contributed by atoms with Crippen LogP contribution in [0.15, 0.2) is 18.3 Å². The number of rotatable bonds is 3. The van der Waals surface area contributed by atoms with E-state index in [1.165, 1.54) is 25.7 Å². The maximum atomic E-state index is 12.3. The van der Waals surface area contributed by atoms with Gasteiger partial charge in [-0.05, 0) is 36.8 Å². The van der Waals surface area contributed by atoms with Crippen LogP contribution in [0, 0.1) is 23.7 Å². The highest BCUT2D eigenvalue weighted by Crippen LogP contribution is 2.27. The molecule has 0 spiro atoms. The first-order chi connectivity index (χ1) is 10.2. The summed E-state index contributed by atoms with van der Waals surface area (Å²) in [5.41, 5.74) is 6.40. The van der Waals surface area contributed by atoms with Gasteiger partial charge in [0.05, 0.1) is 12.1 Å². The third-order valence-corrected chi connectivity index (χ3v) is 4.03. The lowest BCUT2D eigenvalue weighted by Gasteiger charge is -2.26. The van der Waals surface area contributed by atoms with Gasteiger partial charge >= 0.3 is 0 Å². The topological polar surface area (TPSA) is 68.0 Å². The fourth-order valence-corrected chi connectivity index (χ4v) is 2.69. The summed E-state index contributed by atoms with van der Waals surface area (Å²) in [6.45, 7) is 3.30. The van der Waals surface area contributed by atoms with Crippen LogP contribution >= 0.6 is 0 Å². The molecular weight excluding hydrogens is 262 g/mol. The molecule has 4 heteroatoms. The molecule has 1 aromatic rings. The van der Waals surface area contributed by atoms with Crippen molar-refractivity contribution < 1.29 is 4.79 Å².